The molecular formula is C15H16N4. The lowest BCUT2D eigenvalue weighted by atomic mass is 10.2. The van der Waals surface area contributed by atoms with E-state index in [-0.39, 0.29) is 0 Å². The van der Waals surface area contributed by atoms with Gasteiger partial charge in [-0.1, -0.05) is 17.7 Å². The third-order valence-corrected chi connectivity index (χ3v) is 2.61. The quantitative estimate of drug-likeness (QED) is 0.603. The molecule has 0 unspecified atom stereocenters. The van der Waals surface area contributed by atoms with Gasteiger partial charge in [0, 0.05) is 23.0 Å². The Morgan fingerprint density at radius 1 is 0.895 bits per heavy atom. The van der Waals surface area contributed by atoms with Crippen LogP contribution in [0.3, 0.4) is 0 Å². The zero-order valence-corrected chi connectivity index (χ0v) is 10.7. The van der Waals surface area contributed by atoms with Gasteiger partial charge in [0.15, 0.2) is 0 Å². The summed E-state index contributed by atoms with van der Waals surface area (Å²) in [7, 11) is 0. The molecule has 19 heavy (non-hydrogen) atoms. The van der Waals surface area contributed by atoms with Crippen LogP contribution in [0.2, 0.25) is 0 Å². The van der Waals surface area contributed by atoms with Crippen LogP contribution >= 0.6 is 0 Å². The summed E-state index contributed by atoms with van der Waals surface area (Å²) < 4.78 is 0. The van der Waals surface area contributed by atoms with Crippen molar-refractivity contribution in [2.45, 2.75) is 6.92 Å². The minimum Gasteiger partial charge on any atom is -0.399 e. The Morgan fingerprint density at radius 2 is 1.58 bits per heavy atom. The van der Waals surface area contributed by atoms with E-state index in [2.05, 4.69) is 9.97 Å². The van der Waals surface area contributed by atoms with E-state index in [1.54, 1.807) is 6.20 Å². The molecule has 0 saturated carbocycles. The first-order chi connectivity index (χ1) is 9.15. The van der Waals surface area contributed by atoms with Gasteiger partial charge in [0.05, 0.1) is 5.52 Å². The Hall–Kier alpha value is -2.62. The molecule has 3 rings (SSSR count). The van der Waals surface area contributed by atoms with Crippen LogP contribution in [-0.2, 0) is 0 Å². The highest BCUT2D eigenvalue weighted by Crippen LogP contribution is 2.12. The molecule has 1 heterocycles. The summed E-state index contributed by atoms with van der Waals surface area (Å²) in [5, 5.41) is 0.979. The molecular weight excluding hydrogens is 236 g/mol. The van der Waals surface area contributed by atoms with Crippen molar-refractivity contribution >= 4 is 22.3 Å². The van der Waals surface area contributed by atoms with Gasteiger partial charge in [-0.25, -0.2) is 9.97 Å². The highest BCUT2D eigenvalue weighted by Gasteiger charge is 1.92. The standard InChI is InChI=1S/C8H7N3.C7H9N/c9-7-1-2-8-6(3-7)4-10-5-11-8;1-6-2-4-7(8)5-3-6/h1-5H,9H2;2-5H,8H2,1H3. The summed E-state index contributed by atoms with van der Waals surface area (Å²) >= 11 is 0. The summed E-state index contributed by atoms with van der Waals surface area (Å²) in [5.74, 6) is 0. The van der Waals surface area contributed by atoms with E-state index in [0.717, 1.165) is 22.3 Å². The average molecular weight is 252 g/mol. The Balaban J connectivity index is 0.000000148. The second-order valence-corrected chi connectivity index (χ2v) is 4.25. The van der Waals surface area contributed by atoms with Crippen molar-refractivity contribution in [2.75, 3.05) is 11.5 Å². The van der Waals surface area contributed by atoms with Gasteiger partial charge in [-0.05, 0) is 37.3 Å². The van der Waals surface area contributed by atoms with Crippen molar-refractivity contribution < 1.29 is 0 Å². The SMILES string of the molecule is Cc1ccc(N)cc1.Nc1ccc2ncncc2c1. The van der Waals surface area contributed by atoms with E-state index < -0.39 is 0 Å². The number of aryl methyl sites for hydroxylation is 1. The van der Waals surface area contributed by atoms with Gasteiger partial charge in [-0.3, -0.25) is 0 Å². The van der Waals surface area contributed by atoms with E-state index >= 15 is 0 Å². The third-order valence-electron chi connectivity index (χ3n) is 2.61. The van der Waals surface area contributed by atoms with Crippen molar-refractivity contribution in [3.8, 4) is 0 Å². The molecule has 0 saturated heterocycles. The summed E-state index contributed by atoms with van der Waals surface area (Å²) in [6, 6.07) is 13.4. The molecule has 3 aromatic rings. The Morgan fingerprint density at radius 3 is 2.26 bits per heavy atom. The second kappa shape index (κ2) is 5.82. The van der Waals surface area contributed by atoms with Gasteiger partial charge in [0.2, 0.25) is 0 Å². The predicted octanol–water partition coefficient (Wildman–Crippen LogP) is 2.79. The largest absolute Gasteiger partial charge is 0.399 e. The van der Waals surface area contributed by atoms with E-state index in [4.69, 9.17) is 11.5 Å². The lowest BCUT2D eigenvalue weighted by Crippen LogP contribution is -1.85. The van der Waals surface area contributed by atoms with Crippen molar-refractivity contribution in [2.24, 2.45) is 0 Å². The molecule has 0 bridgehead atoms. The van der Waals surface area contributed by atoms with Gasteiger partial charge in [-0.15, -0.1) is 0 Å². The molecule has 4 nitrogen and oxygen atoms in total. The van der Waals surface area contributed by atoms with E-state index in [1.807, 2.05) is 49.4 Å². The molecule has 96 valence electrons. The Bertz CT molecular complexity index is 641. The summed E-state index contributed by atoms with van der Waals surface area (Å²) in [4.78, 5) is 7.94. The van der Waals surface area contributed by atoms with Crippen LogP contribution in [0.15, 0.2) is 55.0 Å². The number of nitrogen functional groups attached to an aromatic ring is 2. The van der Waals surface area contributed by atoms with Crippen LogP contribution in [0.5, 0.6) is 0 Å². The molecule has 0 aliphatic heterocycles. The monoisotopic (exact) mass is 252 g/mol. The maximum absolute atomic E-state index is 5.57. The molecule has 0 fully saturated rings. The molecule has 0 radical (unpaired) electrons. The van der Waals surface area contributed by atoms with Crippen LogP contribution in [0.25, 0.3) is 10.9 Å². The van der Waals surface area contributed by atoms with Gasteiger partial charge in [-0.2, -0.15) is 0 Å². The lowest BCUT2D eigenvalue weighted by Gasteiger charge is -1.95. The van der Waals surface area contributed by atoms with Crippen LogP contribution in [0.1, 0.15) is 5.56 Å². The predicted molar refractivity (Wildman–Crippen MR) is 79.5 cm³/mol. The average Bonchev–Trinajstić information content (AvgIpc) is 2.43. The Labute approximate surface area is 112 Å². The highest BCUT2D eigenvalue weighted by atomic mass is 14.8. The molecule has 2 aromatic carbocycles. The van der Waals surface area contributed by atoms with Gasteiger partial charge in [0.25, 0.3) is 0 Å². The maximum atomic E-state index is 5.57. The van der Waals surface area contributed by atoms with E-state index in [9.17, 15) is 0 Å². The first-order valence-corrected chi connectivity index (χ1v) is 5.92. The fourth-order valence-electron chi connectivity index (χ4n) is 1.57. The smallest absolute Gasteiger partial charge is 0.116 e. The number of hydrogen-bond donors (Lipinski definition) is 2. The first-order valence-electron chi connectivity index (χ1n) is 5.92. The lowest BCUT2D eigenvalue weighted by molar-refractivity contribution is 1.22. The molecule has 0 aliphatic rings. The number of fused-ring (bicyclic) bond motifs is 1. The highest BCUT2D eigenvalue weighted by molar-refractivity contribution is 5.80. The topological polar surface area (TPSA) is 77.8 Å². The zero-order chi connectivity index (χ0) is 13.7. The van der Waals surface area contributed by atoms with Gasteiger partial charge < -0.3 is 11.5 Å². The summed E-state index contributed by atoms with van der Waals surface area (Å²) in [6.45, 7) is 2.04. The number of nitrogens with two attached hydrogens (primary N) is 2. The normalized spacial score (nSPS) is 9.74. The number of nitrogens with zero attached hydrogens (tertiary/aromatic N) is 2. The molecule has 0 aliphatic carbocycles. The first kappa shape index (κ1) is 12.8. The van der Waals surface area contributed by atoms with Crippen LogP contribution in [-0.4, -0.2) is 9.97 Å². The van der Waals surface area contributed by atoms with Crippen LogP contribution in [0.4, 0.5) is 11.4 Å². The molecule has 4 heteroatoms. The number of aromatic nitrogens is 2. The van der Waals surface area contributed by atoms with Gasteiger partial charge in [0.1, 0.15) is 6.33 Å². The third kappa shape index (κ3) is 3.67. The molecule has 0 atom stereocenters. The second-order valence-electron chi connectivity index (χ2n) is 4.25. The van der Waals surface area contributed by atoms with Crippen LogP contribution in [0, 0.1) is 6.92 Å². The summed E-state index contributed by atoms with van der Waals surface area (Å²) in [6.07, 6.45) is 3.28. The fourth-order valence-corrected chi connectivity index (χ4v) is 1.57. The number of benzene rings is 2. The zero-order valence-electron chi connectivity index (χ0n) is 10.7. The van der Waals surface area contributed by atoms with Crippen molar-refractivity contribution in [3.63, 3.8) is 0 Å². The fraction of sp³-hybridized carbons (Fsp3) is 0.0667. The number of rotatable bonds is 0. The minimum absolute atomic E-state index is 0.743. The van der Waals surface area contributed by atoms with Gasteiger partial charge >= 0.3 is 0 Å². The van der Waals surface area contributed by atoms with Crippen molar-refractivity contribution in [1.29, 1.82) is 0 Å². The van der Waals surface area contributed by atoms with Crippen LogP contribution < -0.4 is 11.5 Å². The molecule has 4 N–H and O–H groups in total. The minimum atomic E-state index is 0.743. The number of hydrogen-bond acceptors (Lipinski definition) is 4. The number of anilines is 2. The molecule has 1 aromatic heterocycles. The molecule has 0 spiro atoms. The van der Waals surface area contributed by atoms with Crippen molar-refractivity contribution in [3.05, 3.63) is 60.6 Å². The van der Waals surface area contributed by atoms with E-state index in [1.165, 1.54) is 11.9 Å². The summed E-state index contributed by atoms with van der Waals surface area (Å²) in [5.41, 5.74) is 14.7. The maximum Gasteiger partial charge on any atom is 0.116 e. The molecule has 0 amide bonds. The van der Waals surface area contributed by atoms with E-state index in [0.29, 0.717) is 0 Å². The van der Waals surface area contributed by atoms with Crippen molar-refractivity contribution in [1.82, 2.24) is 9.97 Å². The Kier molecular flexibility index (Phi) is 3.93.